The molecule has 5 heteroatoms. The van der Waals surface area contributed by atoms with Crippen molar-refractivity contribution in [2.45, 2.75) is 13.0 Å². The number of nitrogens with two attached hydrogens (primary N) is 1. The molecule has 1 unspecified atom stereocenters. The number of aromatic nitrogens is 1. The molecule has 0 radical (unpaired) electrons. The van der Waals surface area contributed by atoms with Crippen molar-refractivity contribution in [2.75, 3.05) is 19.3 Å². The minimum Gasteiger partial charge on any atom is -0.383 e. The van der Waals surface area contributed by atoms with Crippen LogP contribution in [0.25, 0.3) is 10.4 Å². The predicted octanol–water partition coefficient (Wildman–Crippen LogP) is 0.835. The Hall–Kier alpha value is -1.90. The molecule has 0 spiro atoms. The van der Waals surface area contributed by atoms with Crippen LogP contribution < -0.4 is 10.6 Å². The van der Waals surface area contributed by atoms with Gasteiger partial charge in [0.2, 0.25) is 0 Å². The smallest absolute Gasteiger partial charge is 0.142 e. The van der Waals surface area contributed by atoms with Crippen LogP contribution in [-0.4, -0.2) is 18.6 Å². The van der Waals surface area contributed by atoms with Crippen molar-refractivity contribution in [3.05, 3.63) is 34.3 Å². The molecule has 3 heterocycles. The van der Waals surface area contributed by atoms with Crippen LogP contribution >= 0.6 is 11.3 Å². The normalized spacial score (nSPS) is 17.8. The fourth-order valence-electron chi connectivity index (χ4n) is 2.62. The highest BCUT2D eigenvalue weighted by Gasteiger charge is 2.26. The van der Waals surface area contributed by atoms with Crippen molar-refractivity contribution < 1.29 is 4.90 Å². The molecule has 0 saturated heterocycles. The third-order valence-electron chi connectivity index (χ3n) is 3.56. The van der Waals surface area contributed by atoms with E-state index < -0.39 is 0 Å². The molecule has 2 aromatic heterocycles. The van der Waals surface area contributed by atoms with E-state index in [1.54, 1.807) is 11.3 Å². The lowest BCUT2D eigenvalue weighted by molar-refractivity contribution is -0.895. The zero-order valence-electron chi connectivity index (χ0n) is 10.7. The summed E-state index contributed by atoms with van der Waals surface area (Å²) in [5.41, 5.74) is 9.74. The lowest BCUT2D eigenvalue weighted by Gasteiger charge is -2.24. The van der Waals surface area contributed by atoms with Gasteiger partial charge in [0.15, 0.2) is 0 Å². The first-order valence-electron chi connectivity index (χ1n) is 6.27. The number of nitrogens with zero attached hydrogens (tertiary/aromatic N) is 2. The summed E-state index contributed by atoms with van der Waals surface area (Å²) in [4.78, 5) is 6.99. The van der Waals surface area contributed by atoms with Gasteiger partial charge in [0.05, 0.1) is 19.3 Å². The van der Waals surface area contributed by atoms with Crippen molar-refractivity contribution in [3.63, 3.8) is 0 Å². The summed E-state index contributed by atoms with van der Waals surface area (Å²) in [5, 5.41) is 11.4. The van der Waals surface area contributed by atoms with Crippen LogP contribution in [0.2, 0.25) is 0 Å². The van der Waals surface area contributed by atoms with Gasteiger partial charge in [0, 0.05) is 22.4 Å². The van der Waals surface area contributed by atoms with Gasteiger partial charge in [-0.3, -0.25) is 0 Å². The van der Waals surface area contributed by atoms with Crippen LogP contribution in [0.4, 0.5) is 5.82 Å². The van der Waals surface area contributed by atoms with Crippen molar-refractivity contribution in [1.82, 2.24) is 4.98 Å². The van der Waals surface area contributed by atoms with Gasteiger partial charge < -0.3 is 10.6 Å². The Kier molecular flexibility index (Phi) is 2.97. The van der Waals surface area contributed by atoms with Crippen molar-refractivity contribution in [2.24, 2.45) is 0 Å². The van der Waals surface area contributed by atoms with E-state index in [1.165, 1.54) is 10.5 Å². The summed E-state index contributed by atoms with van der Waals surface area (Å²) >= 11 is 1.64. The monoisotopic (exact) mass is 271 g/mol. The van der Waals surface area contributed by atoms with E-state index in [-0.39, 0.29) is 0 Å². The fraction of sp³-hybridized carbons (Fsp3) is 0.286. The summed E-state index contributed by atoms with van der Waals surface area (Å²) in [7, 11) is 2.17. The Morgan fingerprint density at radius 1 is 1.53 bits per heavy atom. The first kappa shape index (κ1) is 12.2. The molecule has 2 aromatic rings. The number of quaternary nitrogens is 1. The standard InChI is InChI=1S/C14H14N4S/c1-18-5-4-11-10(8-18)13(12-3-2-6-19-12)9(7-15)14(16)17-11/h2-3,6H,4-5,8H2,1H3,(H2,16,17)/p+1. The van der Waals surface area contributed by atoms with Gasteiger partial charge in [-0.15, -0.1) is 11.3 Å². The van der Waals surface area contributed by atoms with E-state index >= 15 is 0 Å². The summed E-state index contributed by atoms with van der Waals surface area (Å²) in [6, 6.07) is 6.28. The average molecular weight is 271 g/mol. The van der Waals surface area contributed by atoms with Crippen molar-refractivity contribution in [1.29, 1.82) is 5.26 Å². The number of nitriles is 1. The van der Waals surface area contributed by atoms with Crippen molar-refractivity contribution in [3.8, 4) is 16.5 Å². The van der Waals surface area contributed by atoms with E-state index in [0.29, 0.717) is 11.4 Å². The SMILES string of the molecule is C[NH+]1CCc2nc(N)c(C#N)c(-c3cccs3)c2C1. The lowest BCUT2D eigenvalue weighted by atomic mass is 9.95. The van der Waals surface area contributed by atoms with Gasteiger partial charge in [-0.1, -0.05) is 6.07 Å². The zero-order chi connectivity index (χ0) is 13.4. The number of nitrogen functional groups attached to an aromatic ring is 1. The third kappa shape index (κ3) is 1.99. The van der Waals surface area contributed by atoms with E-state index in [4.69, 9.17) is 5.73 Å². The molecular weight excluding hydrogens is 256 g/mol. The number of hydrogen-bond acceptors (Lipinski definition) is 4. The van der Waals surface area contributed by atoms with Gasteiger partial charge in [0.1, 0.15) is 24.0 Å². The largest absolute Gasteiger partial charge is 0.383 e. The maximum atomic E-state index is 9.39. The van der Waals surface area contributed by atoms with Gasteiger partial charge in [-0.25, -0.2) is 4.98 Å². The second kappa shape index (κ2) is 4.65. The summed E-state index contributed by atoms with van der Waals surface area (Å²) in [6.07, 6.45) is 0.926. The van der Waals surface area contributed by atoms with Crippen LogP contribution in [0.1, 0.15) is 16.8 Å². The number of thiophene rings is 1. The fourth-order valence-corrected chi connectivity index (χ4v) is 3.42. The minimum absolute atomic E-state index is 0.365. The number of anilines is 1. The quantitative estimate of drug-likeness (QED) is 0.807. The summed E-state index contributed by atoms with van der Waals surface area (Å²) in [6.45, 7) is 1.97. The second-order valence-electron chi connectivity index (χ2n) is 4.90. The van der Waals surface area contributed by atoms with Gasteiger partial charge >= 0.3 is 0 Å². The van der Waals surface area contributed by atoms with Crippen LogP contribution in [0, 0.1) is 11.3 Å². The molecule has 0 aliphatic carbocycles. The van der Waals surface area contributed by atoms with E-state index in [0.717, 1.165) is 35.6 Å². The summed E-state index contributed by atoms with van der Waals surface area (Å²) < 4.78 is 0. The van der Waals surface area contributed by atoms with Crippen LogP contribution in [0.5, 0.6) is 0 Å². The molecule has 19 heavy (non-hydrogen) atoms. The average Bonchev–Trinajstić information content (AvgIpc) is 2.91. The lowest BCUT2D eigenvalue weighted by Crippen LogP contribution is -3.08. The number of rotatable bonds is 1. The molecule has 3 N–H and O–H groups in total. The molecule has 0 aromatic carbocycles. The molecule has 0 amide bonds. The second-order valence-corrected chi connectivity index (χ2v) is 5.84. The maximum Gasteiger partial charge on any atom is 0.142 e. The molecular formula is C14H15N4S+. The zero-order valence-corrected chi connectivity index (χ0v) is 11.5. The Morgan fingerprint density at radius 3 is 3.05 bits per heavy atom. The molecule has 0 saturated carbocycles. The minimum atomic E-state index is 0.365. The highest BCUT2D eigenvalue weighted by Crippen LogP contribution is 2.35. The van der Waals surface area contributed by atoms with Gasteiger partial charge in [-0.05, 0) is 11.4 Å². The Morgan fingerprint density at radius 2 is 2.37 bits per heavy atom. The topological polar surface area (TPSA) is 67.1 Å². The van der Waals surface area contributed by atoms with Gasteiger partial charge in [0.25, 0.3) is 0 Å². The molecule has 96 valence electrons. The third-order valence-corrected chi connectivity index (χ3v) is 4.45. The van der Waals surface area contributed by atoms with Crippen LogP contribution in [0.3, 0.4) is 0 Å². The molecule has 0 bridgehead atoms. The first-order chi connectivity index (χ1) is 9.20. The Balaban J connectivity index is 2.30. The van der Waals surface area contributed by atoms with E-state index in [2.05, 4.69) is 18.1 Å². The molecule has 1 aliphatic heterocycles. The highest BCUT2D eigenvalue weighted by atomic mass is 32.1. The number of likely N-dealkylation sites (N-methyl/N-ethyl adjacent to an activating group) is 1. The summed E-state index contributed by atoms with van der Waals surface area (Å²) in [5.74, 6) is 0.365. The number of fused-ring (bicyclic) bond motifs is 1. The number of hydrogen-bond donors (Lipinski definition) is 2. The van der Waals surface area contributed by atoms with Gasteiger partial charge in [-0.2, -0.15) is 5.26 Å². The number of pyridine rings is 1. The van der Waals surface area contributed by atoms with Crippen LogP contribution in [-0.2, 0) is 13.0 Å². The Bertz CT molecular complexity index is 655. The van der Waals surface area contributed by atoms with Crippen LogP contribution in [0.15, 0.2) is 17.5 Å². The molecule has 1 atom stereocenters. The maximum absolute atomic E-state index is 9.39. The van der Waals surface area contributed by atoms with Crippen molar-refractivity contribution >= 4 is 17.2 Å². The molecule has 0 fully saturated rings. The predicted molar refractivity (Wildman–Crippen MR) is 75.8 cm³/mol. The Labute approximate surface area is 116 Å². The highest BCUT2D eigenvalue weighted by molar-refractivity contribution is 7.13. The van der Waals surface area contributed by atoms with E-state index in [1.807, 2.05) is 17.5 Å². The molecule has 4 nitrogen and oxygen atoms in total. The molecule has 1 aliphatic rings. The number of nitrogens with one attached hydrogen (secondary N) is 1. The molecule has 3 rings (SSSR count). The first-order valence-corrected chi connectivity index (χ1v) is 7.15. The van der Waals surface area contributed by atoms with E-state index in [9.17, 15) is 5.26 Å².